The molecular formula is C16H21N5O2S. The molecule has 0 saturated heterocycles. The van der Waals surface area contributed by atoms with Crippen LogP contribution in [0.15, 0.2) is 29.4 Å². The third-order valence-corrected chi connectivity index (χ3v) is 5.40. The number of aromatic nitrogens is 3. The lowest BCUT2D eigenvalue weighted by molar-refractivity contribution is 0.582. The number of aryl methyl sites for hydroxylation is 2. The summed E-state index contributed by atoms with van der Waals surface area (Å²) in [7, 11) is -3.53. The fourth-order valence-corrected chi connectivity index (χ4v) is 3.81. The van der Waals surface area contributed by atoms with Crippen molar-refractivity contribution in [3.63, 3.8) is 0 Å². The second-order valence-corrected chi connectivity index (χ2v) is 7.53. The van der Waals surface area contributed by atoms with Crippen LogP contribution in [0.3, 0.4) is 0 Å². The van der Waals surface area contributed by atoms with Gasteiger partial charge in [-0.3, -0.25) is 4.98 Å². The van der Waals surface area contributed by atoms with Gasteiger partial charge in [0.1, 0.15) is 16.5 Å². The molecule has 0 radical (unpaired) electrons. The molecule has 1 aliphatic rings. The van der Waals surface area contributed by atoms with Crippen LogP contribution in [-0.4, -0.2) is 36.5 Å². The third-order valence-electron chi connectivity index (χ3n) is 3.95. The second kappa shape index (κ2) is 7.23. The Bertz CT molecular complexity index is 809. The molecule has 1 aliphatic carbocycles. The molecular weight excluding hydrogens is 326 g/mol. The number of hydrogen-bond acceptors (Lipinski definition) is 6. The first kappa shape index (κ1) is 16.8. The molecule has 2 heterocycles. The summed E-state index contributed by atoms with van der Waals surface area (Å²) in [5.74, 6) is 1.58. The van der Waals surface area contributed by atoms with E-state index in [0.717, 1.165) is 43.0 Å². The summed E-state index contributed by atoms with van der Waals surface area (Å²) >= 11 is 0. The fourth-order valence-electron chi connectivity index (χ4n) is 2.82. The van der Waals surface area contributed by atoms with Gasteiger partial charge in [-0.15, -0.1) is 0 Å². The van der Waals surface area contributed by atoms with Crippen molar-refractivity contribution in [1.29, 1.82) is 0 Å². The van der Waals surface area contributed by atoms with Gasteiger partial charge in [0.15, 0.2) is 0 Å². The number of hydrogen-bond donors (Lipinski definition) is 2. The van der Waals surface area contributed by atoms with Crippen LogP contribution in [0, 0.1) is 6.92 Å². The topological polar surface area (TPSA) is 96.9 Å². The van der Waals surface area contributed by atoms with E-state index in [2.05, 4.69) is 25.0 Å². The number of nitrogens with one attached hydrogen (secondary N) is 2. The van der Waals surface area contributed by atoms with E-state index in [-0.39, 0.29) is 11.4 Å². The Morgan fingerprint density at radius 1 is 1.17 bits per heavy atom. The number of sulfonamides is 1. The van der Waals surface area contributed by atoms with E-state index < -0.39 is 10.0 Å². The molecule has 3 rings (SSSR count). The Kier molecular flexibility index (Phi) is 5.06. The number of rotatable bonds is 6. The standard InChI is InChI=1S/C16H21N5O2S/c1-12-20-15-7-3-2-6-14(15)16(21-12)18-9-10-19-24(22,23)13-5-4-8-17-11-13/h4-5,8,11,19H,2-3,6-7,9-10H2,1H3,(H,18,20,21). The van der Waals surface area contributed by atoms with Crippen molar-refractivity contribution in [3.05, 3.63) is 41.6 Å². The minimum Gasteiger partial charge on any atom is -0.368 e. The fraction of sp³-hybridized carbons (Fsp3) is 0.438. The summed E-state index contributed by atoms with van der Waals surface area (Å²) < 4.78 is 26.8. The third kappa shape index (κ3) is 3.88. The van der Waals surface area contributed by atoms with Gasteiger partial charge in [0.05, 0.1) is 0 Å². The summed E-state index contributed by atoms with van der Waals surface area (Å²) in [4.78, 5) is 13.0. The zero-order chi connectivity index (χ0) is 17.0. The highest BCUT2D eigenvalue weighted by Gasteiger charge is 2.17. The molecule has 0 aliphatic heterocycles. The minimum absolute atomic E-state index is 0.167. The molecule has 0 atom stereocenters. The molecule has 2 N–H and O–H groups in total. The smallest absolute Gasteiger partial charge is 0.242 e. The van der Waals surface area contributed by atoms with E-state index in [1.54, 1.807) is 12.3 Å². The van der Waals surface area contributed by atoms with E-state index in [1.165, 1.54) is 17.8 Å². The maximum Gasteiger partial charge on any atom is 0.242 e. The van der Waals surface area contributed by atoms with Crippen LogP contribution in [0.2, 0.25) is 0 Å². The van der Waals surface area contributed by atoms with Crippen LogP contribution in [-0.2, 0) is 22.9 Å². The summed E-state index contributed by atoms with van der Waals surface area (Å²) in [5.41, 5.74) is 2.29. The highest BCUT2D eigenvalue weighted by Crippen LogP contribution is 2.25. The molecule has 24 heavy (non-hydrogen) atoms. The monoisotopic (exact) mass is 347 g/mol. The maximum absolute atomic E-state index is 12.1. The Balaban J connectivity index is 1.60. The van der Waals surface area contributed by atoms with E-state index in [4.69, 9.17) is 0 Å². The predicted molar refractivity (Wildman–Crippen MR) is 91.3 cm³/mol. The highest BCUT2D eigenvalue weighted by molar-refractivity contribution is 7.89. The van der Waals surface area contributed by atoms with Gasteiger partial charge in [-0.2, -0.15) is 0 Å². The van der Waals surface area contributed by atoms with Gasteiger partial charge in [-0.25, -0.2) is 23.1 Å². The van der Waals surface area contributed by atoms with E-state index in [0.29, 0.717) is 6.54 Å². The van der Waals surface area contributed by atoms with Crippen molar-refractivity contribution < 1.29 is 8.42 Å². The molecule has 0 saturated carbocycles. The van der Waals surface area contributed by atoms with E-state index in [9.17, 15) is 8.42 Å². The van der Waals surface area contributed by atoms with Crippen molar-refractivity contribution in [2.45, 2.75) is 37.5 Å². The molecule has 2 aromatic heterocycles. The molecule has 128 valence electrons. The summed E-state index contributed by atoms with van der Waals surface area (Å²) in [5, 5.41) is 3.24. The van der Waals surface area contributed by atoms with Gasteiger partial charge >= 0.3 is 0 Å². The Morgan fingerprint density at radius 2 is 2.00 bits per heavy atom. The minimum atomic E-state index is -3.53. The lowest BCUT2D eigenvalue weighted by Crippen LogP contribution is -2.29. The first-order valence-electron chi connectivity index (χ1n) is 8.06. The van der Waals surface area contributed by atoms with Crippen LogP contribution in [0.5, 0.6) is 0 Å². The quantitative estimate of drug-likeness (QED) is 0.768. The van der Waals surface area contributed by atoms with Crippen molar-refractivity contribution in [3.8, 4) is 0 Å². The van der Waals surface area contributed by atoms with Gasteiger partial charge < -0.3 is 5.32 Å². The van der Waals surface area contributed by atoms with Crippen LogP contribution in [0.4, 0.5) is 5.82 Å². The normalized spacial score (nSPS) is 14.2. The van der Waals surface area contributed by atoms with Crippen LogP contribution >= 0.6 is 0 Å². The van der Waals surface area contributed by atoms with E-state index in [1.807, 2.05) is 6.92 Å². The first-order valence-corrected chi connectivity index (χ1v) is 9.54. The van der Waals surface area contributed by atoms with Gasteiger partial charge in [0.25, 0.3) is 0 Å². The molecule has 0 bridgehead atoms. The van der Waals surface area contributed by atoms with Crippen LogP contribution in [0.25, 0.3) is 0 Å². The number of fused-ring (bicyclic) bond motifs is 1. The van der Waals surface area contributed by atoms with Gasteiger partial charge in [0, 0.05) is 36.7 Å². The zero-order valence-electron chi connectivity index (χ0n) is 13.6. The summed E-state index contributed by atoms with van der Waals surface area (Å²) in [6.07, 6.45) is 7.14. The molecule has 2 aromatic rings. The van der Waals surface area contributed by atoms with Gasteiger partial charge in [0.2, 0.25) is 10.0 Å². The molecule has 8 heteroatoms. The first-order chi connectivity index (χ1) is 11.6. The SMILES string of the molecule is Cc1nc2c(c(NCCNS(=O)(=O)c3cccnc3)n1)CCCC2. The van der Waals surface area contributed by atoms with E-state index >= 15 is 0 Å². The molecule has 0 aromatic carbocycles. The lowest BCUT2D eigenvalue weighted by Gasteiger charge is -2.19. The predicted octanol–water partition coefficient (Wildman–Crippen LogP) is 1.45. The molecule has 0 unspecified atom stereocenters. The average Bonchev–Trinajstić information content (AvgIpc) is 2.59. The Hall–Kier alpha value is -2.06. The van der Waals surface area contributed by atoms with Crippen molar-refractivity contribution in [2.75, 3.05) is 18.4 Å². The Morgan fingerprint density at radius 3 is 2.79 bits per heavy atom. The maximum atomic E-state index is 12.1. The van der Waals surface area contributed by atoms with Crippen molar-refractivity contribution in [2.24, 2.45) is 0 Å². The zero-order valence-corrected chi connectivity index (χ0v) is 14.4. The van der Waals surface area contributed by atoms with Gasteiger partial charge in [-0.1, -0.05) is 0 Å². The lowest BCUT2D eigenvalue weighted by atomic mass is 9.96. The molecule has 0 fully saturated rings. The molecule has 0 spiro atoms. The number of anilines is 1. The van der Waals surface area contributed by atoms with Gasteiger partial charge in [-0.05, 0) is 44.7 Å². The van der Waals surface area contributed by atoms with Crippen molar-refractivity contribution in [1.82, 2.24) is 19.7 Å². The molecule has 0 amide bonds. The largest absolute Gasteiger partial charge is 0.368 e. The van der Waals surface area contributed by atoms with Crippen molar-refractivity contribution >= 4 is 15.8 Å². The Labute approximate surface area is 142 Å². The summed E-state index contributed by atoms with van der Waals surface area (Å²) in [6, 6.07) is 3.12. The van der Waals surface area contributed by atoms with Crippen LogP contribution < -0.4 is 10.0 Å². The number of pyridine rings is 1. The van der Waals surface area contributed by atoms with Crippen LogP contribution in [0.1, 0.15) is 29.9 Å². The second-order valence-electron chi connectivity index (χ2n) is 5.77. The highest BCUT2D eigenvalue weighted by atomic mass is 32.2. The summed E-state index contributed by atoms with van der Waals surface area (Å²) in [6.45, 7) is 2.61. The number of nitrogens with zero attached hydrogens (tertiary/aromatic N) is 3. The average molecular weight is 347 g/mol. The molecule has 7 nitrogen and oxygen atoms in total.